The summed E-state index contributed by atoms with van der Waals surface area (Å²) >= 11 is 0. The van der Waals surface area contributed by atoms with Gasteiger partial charge < -0.3 is 15.2 Å². The van der Waals surface area contributed by atoms with Crippen molar-refractivity contribution in [2.45, 2.75) is 35.9 Å². The summed E-state index contributed by atoms with van der Waals surface area (Å²) in [6.45, 7) is 0.115. The number of hydrogen-bond acceptors (Lipinski definition) is 5. The van der Waals surface area contributed by atoms with Gasteiger partial charge in [-0.3, -0.25) is 0 Å². The van der Waals surface area contributed by atoms with Crippen molar-refractivity contribution >= 4 is 10.0 Å². The van der Waals surface area contributed by atoms with Crippen LogP contribution >= 0.6 is 0 Å². The van der Waals surface area contributed by atoms with Crippen LogP contribution in [0, 0.1) is 0 Å². The maximum absolute atomic E-state index is 12.2. The van der Waals surface area contributed by atoms with Gasteiger partial charge in [0.25, 0.3) is 6.29 Å². The summed E-state index contributed by atoms with van der Waals surface area (Å²) in [6.07, 6.45) is -8.36. The summed E-state index contributed by atoms with van der Waals surface area (Å²) < 4.78 is 67.6. The second-order valence-electron chi connectivity index (χ2n) is 5.16. The summed E-state index contributed by atoms with van der Waals surface area (Å²) in [4.78, 5) is 0.110. The minimum atomic E-state index is -4.84. The molecule has 10 heteroatoms. The molecule has 0 aromatic heterocycles. The Hall–Kier alpha value is -1.20. The standard InChI is InChI=1S/C13H17F3N2O4S/c14-13(15,16)12(19)22-10-6-9(17-8-10)7-18-23(20,21)11-4-2-1-3-5-11/h1-5,9-10,12,17-19H,6-8H2/t9-,10?,12?/m0/s1. The first-order valence-electron chi connectivity index (χ1n) is 6.87. The van der Waals surface area contributed by atoms with Crippen LogP contribution in [0.4, 0.5) is 13.2 Å². The summed E-state index contributed by atoms with van der Waals surface area (Å²) in [7, 11) is -3.67. The van der Waals surface area contributed by atoms with Gasteiger partial charge in [0.05, 0.1) is 11.0 Å². The van der Waals surface area contributed by atoms with E-state index in [1.807, 2.05) is 0 Å². The lowest BCUT2D eigenvalue weighted by Crippen LogP contribution is -2.37. The van der Waals surface area contributed by atoms with Crippen LogP contribution < -0.4 is 10.0 Å². The first-order valence-corrected chi connectivity index (χ1v) is 8.35. The molecule has 1 fully saturated rings. The SMILES string of the molecule is O=S(=O)(NC[C@@H]1CC(OC(O)C(F)(F)F)CN1)c1ccccc1. The average Bonchev–Trinajstić information content (AvgIpc) is 2.93. The predicted molar refractivity (Wildman–Crippen MR) is 75.0 cm³/mol. The van der Waals surface area contributed by atoms with E-state index < -0.39 is 28.6 Å². The van der Waals surface area contributed by atoms with Crippen molar-refractivity contribution in [2.24, 2.45) is 0 Å². The molecule has 0 saturated carbocycles. The molecular weight excluding hydrogens is 337 g/mol. The molecule has 0 aliphatic carbocycles. The molecule has 0 amide bonds. The molecule has 1 aliphatic rings. The number of alkyl halides is 3. The molecule has 1 aromatic rings. The van der Waals surface area contributed by atoms with E-state index in [0.717, 1.165) is 0 Å². The highest BCUT2D eigenvalue weighted by atomic mass is 32.2. The summed E-state index contributed by atoms with van der Waals surface area (Å²) in [5.74, 6) is 0. The second kappa shape index (κ2) is 7.14. The Bertz CT molecular complexity index is 609. The molecule has 1 saturated heterocycles. The molecule has 6 nitrogen and oxygen atoms in total. The maximum atomic E-state index is 12.2. The van der Waals surface area contributed by atoms with E-state index in [1.165, 1.54) is 12.1 Å². The molecule has 3 N–H and O–H groups in total. The topological polar surface area (TPSA) is 87.7 Å². The molecule has 2 rings (SSSR count). The number of sulfonamides is 1. The van der Waals surface area contributed by atoms with Gasteiger partial charge in [-0.2, -0.15) is 13.2 Å². The third kappa shape index (κ3) is 5.15. The Morgan fingerprint density at radius 1 is 1.35 bits per heavy atom. The molecule has 0 radical (unpaired) electrons. The number of halogens is 3. The fourth-order valence-corrected chi connectivity index (χ4v) is 3.30. The quantitative estimate of drug-likeness (QED) is 0.651. The molecular formula is C13H17F3N2O4S. The second-order valence-corrected chi connectivity index (χ2v) is 6.92. The predicted octanol–water partition coefficient (Wildman–Crippen LogP) is 0.593. The lowest BCUT2D eigenvalue weighted by Gasteiger charge is -2.19. The van der Waals surface area contributed by atoms with E-state index in [1.54, 1.807) is 18.2 Å². The Morgan fingerprint density at radius 3 is 2.61 bits per heavy atom. The van der Waals surface area contributed by atoms with Crippen LogP contribution in [0.3, 0.4) is 0 Å². The van der Waals surface area contributed by atoms with Gasteiger partial charge in [-0.25, -0.2) is 13.1 Å². The van der Waals surface area contributed by atoms with Crippen LogP contribution in [0.1, 0.15) is 6.42 Å². The number of benzene rings is 1. The fourth-order valence-electron chi connectivity index (χ4n) is 2.19. The Balaban J connectivity index is 1.82. The van der Waals surface area contributed by atoms with E-state index in [0.29, 0.717) is 0 Å². The summed E-state index contributed by atoms with van der Waals surface area (Å²) in [5.41, 5.74) is 0. The van der Waals surface area contributed by atoms with Crippen LogP contribution in [0.25, 0.3) is 0 Å². The van der Waals surface area contributed by atoms with Gasteiger partial charge in [0.2, 0.25) is 10.0 Å². The average molecular weight is 354 g/mol. The van der Waals surface area contributed by atoms with Crippen molar-refractivity contribution in [3.05, 3.63) is 30.3 Å². The van der Waals surface area contributed by atoms with Gasteiger partial charge in [-0.15, -0.1) is 0 Å². The van der Waals surface area contributed by atoms with Gasteiger partial charge in [-0.1, -0.05) is 18.2 Å². The number of nitrogens with one attached hydrogen (secondary N) is 2. The molecule has 2 unspecified atom stereocenters. The monoisotopic (exact) mass is 354 g/mol. The number of rotatable bonds is 6. The van der Waals surface area contributed by atoms with Gasteiger partial charge in [0, 0.05) is 19.1 Å². The molecule has 0 spiro atoms. The highest BCUT2D eigenvalue weighted by Crippen LogP contribution is 2.24. The first kappa shape index (κ1) is 18.1. The third-order valence-corrected chi connectivity index (χ3v) is 4.80. The molecule has 23 heavy (non-hydrogen) atoms. The normalized spacial score (nSPS) is 23.8. The Labute approximate surface area is 131 Å². The molecule has 1 heterocycles. The molecule has 3 atom stereocenters. The maximum Gasteiger partial charge on any atom is 0.439 e. The lowest BCUT2D eigenvalue weighted by molar-refractivity contribution is -0.303. The smallest absolute Gasteiger partial charge is 0.361 e. The van der Waals surface area contributed by atoms with E-state index in [9.17, 15) is 21.6 Å². The highest BCUT2D eigenvalue weighted by Gasteiger charge is 2.42. The summed E-state index contributed by atoms with van der Waals surface area (Å²) in [6, 6.07) is 7.37. The van der Waals surface area contributed by atoms with Crippen LogP contribution in [-0.2, 0) is 14.8 Å². The van der Waals surface area contributed by atoms with Gasteiger partial charge >= 0.3 is 6.18 Å². The van der Waals surface area contributed by atoms with Crippen molar-refractivity contribution in [1.82, 2.24) is 10.0 Å². The van der Waals surface area contributed by atoms with Crippen LogP contribution in [0.15, 0.2) is 35.2 Å². The number of hydrogen-bond donors (Lipinski definition) is 3. The van der Waals surface area contributed by atoms with Gasteiger partial charge in [0.15, 0.2) is 0 Å². The number of aliphatic hydroxyl groups is 1. The van der Waals surface area contributed by atoms with E-state index in [2.05, 4.69) is 14.8 Å². The van der Waals surface area contributed by atoms with Crippen molar-refractivity contribution in [3.8, 4) is 0 Å². The highest BCUT2D eigenvalue weighted by molar-refractivity contribution is 7.89. The zero-order valence-electron chi connectivity index (χ0n) is 12.0. The molecule has 0 bridgehead atoms. The minimum absolute atomic E-state index is 0.0131. The van der Waals surface area contributed by atoms with Crippen molar-refractivity contribution < 1.29 is 31.4 Å². The van der Waals surface area contributed by atoms with Crippen molar-refractivity contribution in [3.63, 3.8) is 0 Å². The van der Waals surface area contributed by atoms with Crippen LogP contribution in [-0.4, -0.2) is 51.2 Å². The van der Waals surface area contributed by atoms with E-state index >= 15 is 0 Å². The number of ether oxygens (including phenoxy) is 1. The van der Waals surface area contributed by atoms with E-state index in [-0.39, 0.29) is 30.4 Å². The number of aliphatic hydroxyl groups excluding tert-OH is 1. The van der Waals surface area contributed by atoms with E-state index in [4.69, 9.17) is 5.11 Å². The zero-order chi connectivity index (χ0) is 17.1. The van der Waals surface area contributed by atoms with Crippen LogP contribution in [0.5, 0.6) is 0 Å². The fraction of sp³-hybridized carbons (Fsp3) is 0.538. The van der Waals surface area contributed by atoms with Crippen molar-refractivity contribution in [1.29, 1.82) is 0 Å². The summed E-state index contributed by atoms with van der Waals surface area (Å²) in [5, 5.41) is 11.7. The third-order valence-electron chi connectivity index (χ3n) is 3.36. The molecule has 1 aliphatic heterocycles. The van der Waals surface area contributed by atoms with Gasteiger partial charge in [-0.05, 0) is 18.6 Å². The van der Waals surface area contributed by atoms with Gasteiger partial charge in [0.1, 0.15) is 0 Å². The van der Waals surface area contributed by atoms with Crippen molar-refractivity contribution in [2.75, 3.05) is 13.1 Å². The zero-order valence-corrected chi connectivity index (χ0v) is 12.8. The molecule has 1 aromatic carbocycles. The lowest BCUT2D eigenvalue weighted by atomic mass is 10.2. The largest absolute Gasteiger partial charge is 0.439 e. The molecule has 130 valence electrons. The Kier molecular flexibility index (Phi) is 5.63. The Morgan fingerprint density at radius 2 is 2.00 bits per heavy atom. The first-order chi connectivity index (χ1) is 10.7. The minimum Gasteiger partial charge on any atom is -0.361 e. The van der Waals surface area contributed by atoms with Crippen LogP contribution in [0.2, 0.25) is 0 Å².